The molecule has 152 valence electrons. The summed E-state index contributed by atoms with van der Waals surface area (Å²) in [5.41, 5.74) is 4.85. The van der Waals surface area contributed by atoms with E-state index in [-0.39, 0.29) is 0 Å². The highest BCUT2D eigenvalue weighted by Gasteiger charge is 2.18. The fourth-order valence-corrected chi connectivity index (χ4v) is 3.25. The molecule has 0 spiro atoms. The Hall–Kier alpha value is -2.83. The Bertz CT molecular complexity index is 1120. The summed E-state index contributed by atoms with van der Waals surface area (Å²) in [6.07, 6.45) is 8.48. The van der Waals surface area contributed by atoms with E-state index < -0.39 is 10.1 Å². The third kappa shape index (κ3) is 6.07. The van der Waals surface area contributed by atoms with Crippen molar-refractivity contribution in [2.75, 3.05) is 24.2 Å². The van der Waals surface area contributed by atoms with Crippen molar-refractivity contribution >= 4 is 33.0 Å². The van der Waals surface area contributed by atoms with Crippen LogP contribution < -0.4 is 4.90 Å². The van der Waals surface area contributed by atoms with Crippen LogP contribution >= 0.6 is 0 Å². The van der Waals surface area contributed by atoms with E-state index in [9.17, 15) is 8.42 Å². The number of nitrogens with zero attached hydrogens (tertiary/aromatic N) is 1. The van der Waals surface area contributed by atoms with E-state index in [4.69, 9.17) is 8.97 Å². The Morgan fingerprint density at radius 1 is 1.03 bits per heavy atom. The van der Waals surface area contributed by atoms with Crippen molar-refractivity contribution in [3.63, 3.8) is 0 Å². The summed E-state index contributed by atoms with van der Waals surface area (Å²) in [5.74, 6) is 1.01. The average Bonchev–Trinajstić information content (AvgIpc) is 3.03. The molecule has 4 rings (SSSR count). The summed E-state index contributed by atoms with van der Waals surface area (Å²) in [6, 6.07) is 18.7. The molecule has 1 aromatic heterocycles. The summed E-state index contributed by atoms with van der Waals surface area (Å²) >= 11 is 0. The minimum absolute atomic E-state index is 0.715. The van der Waals surface area contributed by atoms with E-state index in [1.165, 1.54) is 22.1 Å². The van der Waals surface area contributed by atoms with E-state index >= 15 is 0 Å². The molecule has 3 aromatic rings. The summed E-state index contributed by atoms with van der Waals surface area (Å²) in [5, 5.41) is 1.21. The van der Waals surface area contributed by atoms with Gasteiger partial charge in [-0.3, -0.25) is 4.55 Å². The first kappa shape index (κ1) is 20.9. The number of hydrogen-bond acceptors (Lipinski definition) is 4. The smallest absolute Gasteiger partial charge is 0.261 e. The number of furan rings is 1. The normalized spacial score (nSPS) is 14.6. The van der Waals surface area contributed by atoms with Gasteiger partial charge in [-0.25, -0.2) is 0 Å². The van der Waals surface area contributed by atoms with Gasteiger partial charge in [-0.2, -0.15) is 8.42 Å². The predicted octanol–water partition coefficient (Wildman–Crippen LogP) is 5.10. The molecule has 0 atom stereocenters. The fraction of sp³-hybridized carbons (Fsp3) is 0.217. The number of aryl methyl sites for hydroxylation is 1. The van der Waals surface area contributed by atoms with Gasteiger partial charge in [0.25, 0.3) is 10.1 Å². The third-order valence-corrected chi connectivity index (χ3v) is 4.64. The first-order valence-electron chi connectivity index (χ1n) is 9.39. The zero-order chi connectivity index (χ0) is 20.9. The van der Waals surface area contributed by atoms with Crippen LogP contribution in [0, 0.1) is 6.92 Å². The highest BCUT2D eigenvalue weighted by atomic mass is 32.2. The van der Waals surface area contributed by atoms with Gasteiger partial charge in [0.2, 0.25) is 0 Å². The van der Waals surface area contributed by atoms with Crippen molar-refractivity contribution < 1.29 is 17.4 Å². The van der Waals surface area contributed by atoms with E-state index in [2.05, 4.69) is 66.4 Å². The van der Waals surface area contributed by atoms with Gasteiger partial charge >= 0.3 is 0 Å². The predicted molar refractivity (Wildman–Crippen MR) is 119 cm³/mol. The number of benzene rings is 2. The molecule has 1 aliphatic rings. The Labute approximate surface area is 171 Å². The minimum Gasteiger partial charge on any atom is -0.440 e. The van der Waals surface area contributed by atoms with Gasteiger partial charge < -0.3 is 9.32 Å². The number of allylic oxidation sites excluding steroid dienone is 1. The molecular formula is C23H25NO4S. The number of para-hydroxylation sites is 1. The largest absolute Gasteiger partial charge is 0.440 e. The topological polar surface area (TPSA) is 70.8 Å². The van der Waals surface area contributed by atoms with Crippen LogP contribution in [-0.4, -0.2) is 32.3 Å². The second kappa shape index (κ2) is 9.11. The molecule has 1 aliphatic heterocycles. The number of hydrogen-bond donors (Lipinski definition) is 1. The Morgan fingerprint density at radius 3 is 2.31 bits per heavy atom. The molecule has 0 fully saturated rings. The van der Waals surface area contributed by atoms with Crippen LogP contribution in [-0.2, 0) is 10.1 Å². The lowest BCUT2D eigenvalue weighted by atomic mass is 10.1. The summed E-state index contributed by atoms with van der Waals surface area (Å²) < 4.78 is 31.9. The second-order valence-electron chi connectivity index (χ2n) is 6.98. The summed E-state index contributed by atoms with van der Waals surface area (Å²) in [7, 11) is -3.67. The van der Waals surface area contributed by atoms with E-state index in [0.717, 1.165) is 31.0 Å². The second-order valence-corrected chi connectivity index (χ2v) is 8.45. The molecule has 0 aliphatic carbocycles. The van der Waals surface area contributed by atoms with Crippen LogP contribution in [0.4, 0.5) is 5.88 Å². The minimum atomic E-state index is -3.67. The molecule has 29 heavy (non-hydrogen) atoms. The molecule has 0 saturated heterocycles. The van der Waals surface area contributed by atoms with Crippen molar-refractivity contribution in [3.05, 3.63) is 83.4 Å². The van der Waals surface area contributed by atoms with Gasteiger partial charge in [0.05, 0.1) is 6.26 Å². The quantitative estimate of drug-likeness (QED) is 0.608. The Balaban J connectivity index is 0.000000431. The van der Waals surface area contributed by atoms with Gasteiger partial charge in [-0.15, -0.1) is 0 Å². The SMILES string of the molecule is CS(=O)(=O)O.Cc1c(N2CC=C(C=Cc3ccccc3)CC2)oc2ccccc12. The molecule has 0 amide bonds. The molecule has 0 radical (unpaired) electrons. The van der Waals surface area contributed by atoms with Gasteiger partial charge in [0, 0.05) is 24.0 Å². The maximum Gasteiger partial charge on any atom is 0.261 e. The van der Waals surface area contributed by atoms with Crippen LogP contribution in [0.5, 0.6) is 0 Å². The maximum absolute atomic E-state index is 9.19. The van der Waals surface area contributed by atoms with Crippen LogP contribution in [0.25, 0.3) is 17.0 Å². The first-order valence-corrected chi connectivity index (χ1v) is 11.2. The third-order valence-electron chi connectivity index (χ3n) is 4.64. The molecule has 1 N–H and O–H groups in total. The number of fused-ring (bicyclic) bond motifs is 1. The standard InChI is InChI=1S/C22H21NO.CH4O3S/c1-17-20-9-5-6-10-21(20)24-22(17)23-15-13-19(14-16-23)12-11-18-7-3-2-4-8-18;1-5(2,3)4/h2-13H,14-16H2,1H3;1H3,(H,2,3,4). The summed E-state index contributed by atoms with van der Waals surface area (Å²) in [6.45, 7) is 4.04. The van der Waals surface area contributed by atoms with E-state index in [1.807, 2.05) is 18.2 Å². The van der Waals surface area contributed by atoms with Crippen molar-refractivity contribution in [3.8, 4) is 0 Å². The first-order chi connectivity index (χ1) is 13.8. The molecule has 0 saturated carbocycles. The van der Waals surface area contributed by atoms with Crippen LogP contribution in [0.15, 0.2) is 76.7 Å². The van der Waals surface area contributed by atoms with Crippen molar-refractivity contribution in [2.24, 2.45) is 0 Å². The zero-order valence-electron chi connectivity index (χ0n) is 16.6. The lowest BCUT2D eigenvalue weighted by Gasteiger charge is -2.25. The van der Waals surface area contributed by atoms with Gasteiger partial charge in [0.1, 0.15) is 5.58 Å². The lowest BCUT2D eigenvalue weighted by Crippen LogP contribution is -2.28. The van der Waals surface area contributed by atoms with Crippen molar-refractivity contribution in [1.82, 2.24) is 0 Å². The highest BCUT2D eigenvalue weighted by molar-refractivity contribution is 7.85. The van der Waals surface area contributed by atoms with Gasteiger partial charge in [-0.1, -0.05) is 66.8 Å². The fourth-order valence-electron chi connectivity index (χ4n) is 3.25. The monoisotopic (exact) mass is 411 g/mol. The van der Waals surface area contributed by atoms with Crippen LogP contribution in [0.2, 0.25) is 0 Å². The number of rotatable bonds is 3. The molecule has 2 aromatic carbocycles. The Kier molecular flexibility index (Phi) is 6.56. The maximum atomic E-state index is 9.19. The molecule has 0 bridgehead atoms. The number of anilines is 1. The molecule has 0 unspecified atom stereocenters. The van der Waals surface area contributed by atoms with Crippen LogP contribution in [0.3, 0.4) is 0 Å². The zero-order valence-corrected chi connectivity index (χ0v) is 17.4. The molecule has 5 nitrogen and oxygen atoms in total. The highest BCUT2D eigenvalue weighted by Crippen LogP contribution is 2.33. The summed E-state index contributed by atoms with van der Waals surface area (Å²) in [4.78, 5) is 2.33. The van der Waals surface area contributed by atoms with Gasteiger partial charge in [0.15, 0.2) is 5.88 Å². The average molecular weight is 412 g/mol. The van der Waals surface area contributed by atoms with Crippen molar-refractivity contribution in [2.45, 2.75) is 13.3 Å². The van der Waals surface area contributed by atoms with Gasteiger partial charge in [-0.05, 0) is 30.5 Å². The van der Waals surface area contributed by atoms with E-state index in [1.54, 1.807) is 0 Å². The lowest BCUT2D eigenvalue weighted by molar-refractivity contribution is 0.490. The van der Waals surface area contributed by atoms with Crippen LogP contribution in [0.1, 0.15) is 17.5 Å². The molecular weight excluding hydrogens is 386 g/mol. The Morgan fingerprint density at radius 2 is 1.69 bits per heavy atom. The van der Waals surface area contributed by atoms with Crippen molar-refractivity contribution in [1.29, 1.82) is 0 Å². The van der Waals surface area contributed by atoms with E-state index in [0.29, 0.717) is 6.26 Å². The molecule has 2 heterocycles. The molecule has 6 heteroatoms.